The van der Waals surface area contributed by atoms with Gasteiger partial charge in [-0.1, -0.05) is 25.5 Å². The Labute approximate surface area is 226 Å². The maximum Gasteiger partial charge on any atom is 0.329 e. The zero-order chi connectivity index (χ0) is 28.1. The van der Waals surface area contributed by atoms with E-state index in [2.05, 4.69) is 5.32 Å². The van der Waals surface area contributed by atoms with E-state index in [1.165, 1.54) is 23.9 Å². The number of aliphatic hydroxyl groups excluding tert-OH is 1. The molecule has 0 aromatic carbocycles. The van der Waals surface area contributed by atoms with Crippen molar-refractivity contribution >= 4 is 35.7 Å². The number of carbonyl (C=O) groups excluding carboxylic acids is 4. The number of rotatable bonds is 9. The number of amides is 1. The maximum atomic E-state index is 17.2. The van der Waals surface area contributed by atoms with Gasteiger partial charge in [-0.05, 0) is 75.0 Å². The largest absolute Gasteiger partial charge is 0.456 e. The second-order valence-corrected chi connectivity index (χ2v) is 12.8. The Bertz CT molecular complexity index is 1080. The summed E-state index contributed by atoms with van der Waals surface area (Å²) in [5, 5.41) is 25.8. The van der Waals surface area contributed by atoms with Crippen LogP contribution in [0.2, 0.25) is 0 Å². The molecular weight excluding hydrogens is 513 g/mol. The summed E-state index contributed by atoms with van der Waals surface area (Å²) in [5.74, 6) is -2.67. The fourth-order valence-electron chi connectivity index (χ4n) is 8.07. The first-order valence-corrected chi connectivity index (χ1v) is 14.6. The van der Waals surface area contributed by atoms with Crippen LogP contribution in [0.1, 0.15) is 52.9 Å². The van der Waals surface area contributed by atoms with Crippen molar-refractivity contribution in [1.82, 2.24) is 5.32 Å². The van der Waals surface area contributed by atoms with Gasteiger partial charge in [-0.3, -0.25) is 14.4 Å². The molecule has 210 valence electrons. The molecule has 1 amide bonds. The van der Waals surface area contributed by atoms with Crippen LogP contribution in [0, 0.1) is 28.6 Å². The number of aliphatic hydroxyl groups is 2. The number of nitrogens with one attached hydrogen (secondary N) is 1. The second-order valence-electron chi connectivity index (χ2n) is 11.8. The predicted octanol–water partition coefficient (Wildman–Crippen LogP) is 2.31. The van der Waals surface area contributed by atoms with Gasteiger partial charge in [0.1, 0.15) is 11.6 Å². The van der Waals surface area contributed by atoms with Crippen molar-refractivity contribution < 1.29 is 38.5 Å². The van der Waals surface area contributed by atoms with Crippen LogP contribution < -0.4 is 5.32 Å². The lowest BCUT2D eigenvalue weighted by atomic mass is 9.44. The quantitative estimate of drug-likeness (QED) is 0.294. The molecule has 0 spiro atoms. The number of thioether (sulfide) groups is 1. The number of allylic oxidation sites excluding steroid dienone is 4. The van der Waals surface area contributed by atoms with Gasteiger partial charge in [0.25, 0.3) is 0 Å². The van der Waals surface area contributed by atoms with Gasteiger partial charge in [-0.2, -0.15) is 11.8 Å². The van der Waals surface area contributed by atoms with Crippen LogP contribution in [0.15, 0.2) is 23.8 Å². The van der Waals surface area contributed by atoms with E-state index in [4.69, 9.17) is 4.74 Å². The van der Waals surface area contributed by atoms with E-state index in [0.29, 0.717) is 43.4 Å². The third kappa shape index (κ3) is 4.01. The lowest BCUT2D eigenvalue weighted by Crippen LogP contribution is -2.69. The summed E-state index contributed by atoms with van der Waals surface area (Å²) in [5.41, 5.74) is -5.66. The average Bonchev–Trinajstić information content (AvgIpc) is 3.07. The molecule has 38 heavy (non-hydrogen) atoms. The molecule has 0 heterocycles. The number of ketones is 2. The fraction of sp³-hybridized carbons (Fsp3) is 0.714. The number of fused-ring (bicyclic) bond motifs is 5. The molecule has 10 heteroatoms. The molecule has 0 saturated heterocycles. The number of halogens is 1. The van der Waals surface area contributed by atoms with Gasteiger partial charge < -0.3 is 20.3 Å². The second kappa shape index (κ2) is 10.2. The number of hydrogen-bond acceptors (Lipinski definition) is 8. The van der Waals surface area contributed by atoms with Crippen molar-refractivity contribution in [2.75, 3.05) is 18.6 Å². The molecular formula is C28H38FNO7S. The molecule has 0 aromatic rings. The summed E-state index contributed by atoms with van der Waals surface area (Å²) in [6.07, 6.45) is 6.59. The third-order valence-corrected chi connectivity index (χ3v) is 10.8. The Morgan fingerprint density at radius 1 is 1.34 bits per heavy atom. The molecule has 0 bridgehead atoms. The van der Waals surface area contributed by atoms with Crippen molar-refractivity contribution in [2.45, 2.75) is 76.3 Å². The van der Waals surface area contributed by atoms with Crippen molar-refractivity contribution in [3.8, 4) is 0 Å². The van der Waals surface area contributed by atoms with Crippen LogP contribution in [0.5, 0.6) is 0 Å². The maximum absolute atomic E-state index is 17.2. The molecule has 4 aliphatic rings. The van der Waals surface area contributed by atoms with Gasteiger partial charge >= 0.3 is 5.97 Å². The summed E-state index contributed by atoms with van der Waals surface area (Å²) in [7, 11) is 0. The topological polar surface area (TPSA) is 130 Å². The molecule has 3 fully saturated rings. The van der Waals surface area contributed by atoms with Gasteiger partial charge in [0.05, 0.1) is 6.10 Å². The molecule has 8 nitrogen and oxygen atoms in total. The summed E-state index contributed by atoms with van der Waals surface area (Å²) in [6, 6.07) is -0.906. The average molecular weight is 552 g/mol. The minimum absolute atomic E-state index is 0.154. The van der Waals surface area contributed by atoms with E-state index < -0.39 is 70.4 Å². The number of esters is 1. The molecule has 4 aliphatic carbocycles. The van der Waals surface area contributed by atoms with E-state index in [-0.39, 0.29) is 12.2 Å². The molecule has 0 aromatic heterocycles. The molecule has 3 N–H and O–H groups in total. The van der Waals surface area contributed by atoms with Gasteiger partial charge in [0.2, 0.25) is 12.2 Å². The highest BCUT2D eigenvalue weighted by Crippen LogP contribution is 2.70. The predicted molar refractivity (Wildman–Crippen MR) is 140 cm³/mol. The monoisotopic (exact) mass is 551 g/mol. The Morgan fingerprint density at radius 2 is 2.05 bits per heavy atom. The molecule has 3 saturated carbocycles. The standard InChI is InChI=1S/C28H38FNO7S/c1-16-11-20-19-6-5-17-12-18(32)7-9-25(17,2)27(19,29)22(33)13-26(20,3)28(16,36)23(34)14-37-24(35)21(30-15-31)8-10-38-4/h7,9,12,15-16,19-22,33,36H,5-6,8,10-11,13-14H2,1-4H3,(H,30,31)/t16-,19-,20-,21?,22-,25-,26-,27-,28-/m0/s1. The zero-order valence-corrected chi connectivity index (χ0v) is 23.2. The fourth-order valence-corrected chi connectivity index (χ4v) is 8.55. The highest BCUT2D eigenvalue weighted by molar-refractivity contribution is 7.98. The number of hydrogen-bond donors (Lipinski definition) is 3. The first-order chi connectivity index (χ1) is 17.8. The van der Waals surface area contributed by atoms with Gasteiger partial charge in [0, 0.05) is 16.7 Å². The first-order valence-electron chi connectivity index (χ1n) is 13.2. The van der Waals surface area contributed by atoms with E-state index in [1.807, 2.05) is 6.26 Å². The Balaban J connectivity index is 1.59. The Kier molecular flexibility index (Phi) is 7.75. The van der Waals surface area contributed by atoms with Gasteiger partial charge in [0.15, 0.2) is 18.1 Å². The normalized spacial score (nSPS) is 42.3. The SMILES string of the molecule is CSCCC(NC=O)C(=O)OCC(=O)[C@@]1(O)[C@@H](C)C[C@H]2[C@@H]3CCC4=CC(=O)C=C[C@]4(C)[C@@]3(F)[C@@H](O)C[C@@]21C. The first kappa shape index (κ1) is 29.0. The lowest BCUT2D eigenvalue weighted by molar-refractivity contribution is -0.220. The summed E-state index contributed by atoms with van der Waals surface area (Å²) < 4.78 is 22.5. The van der Waals surface area contributed by atoms with Gasteiger partial charge in [-0.25, -0.2) is 9.18 Å². The third-order valence-electron chi connectivity index (χ3n) is 10.2. The number of alkyl halides is 1. The van der Waals surface area contributed by atoms with Gasteiger partial charge in [-0.15, -0.1) is 0 Å². The molecule has 0 radical (unpaired) electrons. The molecule has 9 atom stereocenters. The van der Waals surface area contributed by atoms with Crippen molar-refractivity contribution in [2.24, 2.45) is 28.6 Å². The van der Waals surface area contributed by atoms with Crippen LogP contribution in [0.4, 0.5) is 4.39 Å². The van der Waals surface area contributed by atoms with Crippen LogP contribution in [0.25, 0.3) is 0 Å². The molecule has 0 aliphatic heterocycles. The number of carbonyl (C=O) groups is 4. The zero-order valence-electron chi connectivity index (χ0n) is 22.4. The van der Waals surface area contributed by atoms with E-state index in [9.17, 15) is 29.4 Å². The van der Waals surface area contributed by atoms with Crippen molar-refractivity contribution in [3.63, 3.8) is 0 Å². The highest BCUT2D eigenvalue weighted by atomic mass is 32.2. The van der Waals surface area contributed by atoms with Crippen LogP contribution >= 0.6 is 11.8 Å². The van der Waals surface area contributed by atoms with E-state index in [0.717, 1.165) is 0 Å². The van der Waals surface area contributed by atoms with Crippen molar-refractivity contribution in [1.29, 1.82) is 0 Å². The highest BCUT2D eigenvalue weighted by Gasteiger charge is 2.75. The smallest absolute Gasteiger partial charge is 0.329 e. The summed E-state index contributed by atoms with van der Waals surface area (Å²) in [6.45, 7) is 4.50. The Hall–Kier alpha value is -2.04. The van der Waals surface area contributed by atoms with Crippen LogP contribution in [-0.2, 0) is 23.9 Å². The van der Waals surface area contributed by atoms with Crippen molar-refractivity contribution in [3.05, 3.63) is 23.8 Å². The van der Waals surface area contributed by atoms with Crippen LogP contribution in [0.3, 0.4) is 0 Å². The van der Waals surface area contributed by atoms with Crippen LogP contribution in [-0.4, -0.2) is 76.2 Å². The lowest BCUT2D eigenvalue weighted by Gasteiger charge is -2.62. The number of Topliss-reactive ketones (excluding diaryl/α,β-unsaturated/α-hetero) is 1. The van der Waals surface area contributed by atoms with E-state index in [1.54, 1.807) is 26.8 Å². The Morgan fingerprint density at radius 3 is 2.71 bits per heavy atom. The number of ether oxygens (including phenoxy) is 1. The molecule has 4 rings (SSSR count). The summed E-state index contributed by atoms with van der Waals surface area (Å²) in [4.78, 5) is 49.0. The molecule has 1 unspecified atom stereocenters. The minimum Gasteiger partial charge on any atom is -0.456 e. The van der Waals surface area contributed by atoms with E-state index >= 15 is 4.39 Å². The minimum atomic E-state index is -2.07. The summed E-state index contributed by atoms with van der Waals surface area (Å²) >= 11 is 1.50.